The van der Waals surface area contributed by atoms with Gasteiger partial charge in [0.15, 0.2) is 0 Å². The summed E-state index contributed by atoms with van der Waals surface area (Å²) in [6.45, 7) is 114. The topological polar surface area (TPSA) is 0 Å². The van der Waals surface area contributed by atoms with Gasteiger partial charge in [-0.15, -0.1) is 0 Å². The molecule has 0 N–H and O–H groups in total. The van der Waals surface area contributed by atoms with Crippen LogP contribution in [0.2, 0.25) is 110 Å². The SMILES string of the molecule is CCC[C]([Cr]([C](CCC)([Si](C(C)C)(C(C)C)C(C)C)[Si](C(C)C)(C(C)C)C(C)C)[C](CCC)([Si](C(C)C)(C(C)C)C(C)C)[Si](C(C)C)(C(C)C)C(C)C)([Si](C(C)C)(C(C)C)C(C)C)[Si](C(C)C)(C(C)C)C(C)C. The summed E-state index contributed by atoms with van der Waals surface area (Å²) in [6.07, 6.45) is 8.70. The Labute approximate surface area is 477 Å². The summed E-state index contributed by atoms with van der Waals surface area (Å²) in [4.78, 5) is 0. The van der Waals surface area contributed by atoms with Crippen LogP contribution in [0.4, 0.5) is 0 Å². The van der Waals surface area contributed by atoms with Crippen LogP contribution in [0.5, 0.6) is 0 Å². The molecule has 0 bridgehead atoms. The van der Waals surface area contributed by atoms with Gasteiger partial charge in [0.2, 0.25) is 0 Å². The first-order valence-corrected chi connectivity index (χ1v) is 48.1. The first-order chi connectivity index (χ1) is 33.0. The Morgan fingerprint density at radius 2 is 0.274 bits per heavy atom. The molecule has 0 aliphatic carbocycles. The van der Waals surface area contributed by atoms with Crippen molar-refractivity contribution in [1.82, 2.24) is 0 Å². The molecular formula is C66H147CrSi6. The van der Waals surface area contributed by atoms with E-state index in [1.165, 1.54) is 38.5 Å². The molecular weight excluding hydrogens is 1010 g/mol. The van der Waals surface area contributed by atoms with E-state index in [1.807, 2.05) is 0 Å². The van der Waals surface area contributed by atoms with Gasteiger partial charge in [-0.1, -0.05) is 0 Å². The van der Waals surface area contributed by atoms with E-state index in [1.54, 1.807) is 0 Å². The van der Waals surface area contributed by atoms with Crippen LogP contribution in [0, 0.1) is 0 Å². The van der Waals surface area contributed by atoms with E-state index in [0.29, 0.717) is 10.6 Å². The van der Waals surface area contributed by atoms with Crippen molar-refractivity contribution >= 4 is 48.4 Å². The fourth-order valence-corrected chi connectivity index (χ4v) is 146. The first kappa shape index (κ1) is 74.8. The van der Waals surface area contributed by atoms with Gasteiger partial charge in [0.1, 0.15) is 0 Å². The molecule has 7 heteroatoms. The minimum absolute atomic E-state index is 0.383. The third-order valence-electron chi connectivity index (χ3n) is 24.2. The predicted octanol–water partition coefficient (Wildman–Crippen LogP) is 26.8. The van der Waals surface area contributed by atoms with Crippen molar-refractivity contribution in [3.05, 3.63) is 0 Å². The molecule has 73 heavy (non-hydrogen) atoms. The third kappa shape index (κ3) is 10.1. The molecule has 0 saturated heterocycles. The van der Waals surface area contributed by atoms with Crippen LogP contribution in [0.1, 0.15) is 309 Å². The summed E-state index contributed by atoms with van der Waals surface area (Å²) in [7, 11) is -15.1. The summed E-state index contributed by atoms with van der Waals surface area (Å²) >= 11 is -2.12. The second-order valence-corrected chi connectivity index (χ2v) is 77.8. The Morgan fingerprint density at radius 3 is 0.329 bits per heavy atom. The molecule has 0 radical (unpaired) electrons. The van der Waals surface area contributed by atoms with Crippen LogP contribution in [0.25, 0.3) is 0 Å². The van der Waals surface area contributed by atoms with E-state index < -0.39 is 62.6 Å². The van der Waals surface area contributed by atoms with Gasteiger partial charge in [-0.3, -0.25) is 0 Å². The molecule has 0 amide bonds. The molecule has 0 aromatic carbocycles. The zero-order valence-electron chi connectivity index (χ0n) is 58.5. The first-order valence-electron chi connectivity index (χ1n) is 32.8. The molecule has 0 atom stereocenters. The van der Waals surface area contributed by atoms with Crippen molar-refractivity contribution in [3.63, 3.8) is 0 Å². The van der Waals surface area contributed by atoms with Crippen molar-refractivity contribution < 1.29 is 14.1 Å². The Kier molecular flexibility index (Phi) is 28.4. The quantitative estimate of drug-likeness (QED) is 0.0575. The Hall–Kier alpha value is 1.83. The summed E-state index contributed by atoms with van der Waals surface area (Å²) in [5, 5.41) is 0. The average molecular weight is 1160 g/mol. The molecule has 0 rings (SSSR count). The molecule has 0 fully saturated rings. The van der Waals surface area contributed by atoms with Gasteiger partial charge in [0.05, 0.1) is 0 Å². The zero-order chi connectivity index (χ0) is 58.7. The van der Waals surface area contributed by atoms with Gasteiger partial charge in [-0.05, 0) is 0 Å². The van der Waals surface area contributed by atoms with Gasteiger partial charge in [-0.2, -0.15) is 0 Å². The van der Waals surface area contributed by atoms with E-state index in [2.05, 4.69) is 270 Å². The fraction of sp³-hybridized carbons (Fsp3) is 1.00. The van der Waals surface area contributed by atoms with Crippen molar-refractivity contribution in [1.29, 1.82) is 0 Å². The molecule has 0 aliphatic heterocycles. The molecule has 0 heterocycles. The van der Waals surface area contributed by atoms with Crippen molar-refractivity contribution in [2.24, 2.45) is 0 Å². The second kappa shape index (κ2) is 27.7. The van der Waals surface area contributed by atoms with Gasteiger partial charge in [0.25, 0.3) is 0 Å². The number of hydrogen-bond donors (Lipinski definition) is 0. The molecule has 0 spiro atoms. The van der Waals surface area contributed by atoms with Crippen LogP contribution in [-0.2, 0) is 14.1 Å². The van der Waals surface area contributed by atoms with Crippen LogP contribution in [-0.4, -0.2) is 48.4 Å². The minimum atomic E-state index is -2.52. The molecule has 0 nitrogen and oxygen atoms in total. The van der Waals surface area contributed by atoms with Crippen molar-refractivity contribution in [3.8, 4) is 0 Å². The molecule has 0 aromatic rings. The molecule has 0 unspecified atom stereocenters. The summed E-state index contributed by atoms with van der Waals surface area (Å²) < 4.78 is 1.15. The summed E-state index contributed by atoms with van der Waals surface area (Å²) in [5.74, 6) is 0. The monoisotopic (exact) mass is 1160 g/mol. The number of rotatable bonds is 33. The summed E-state index contributed by atoms with van der Waals surface area (Å²) in [5.41, 5.74) is 12.9. The van der Waals surface area contributed by atoms with Crippen LogP contribution < -0.4 is 0 Å². The predicted molar refractivity (Wildman–Crippen MR) is 359 cm³/mol. The Balaban J connectivity index is 14.1. The normalized spacial score (nSPS) is 15.5. The molecule has 0 saturated carbocycles. The van der Waals surface area contributed by atoms with Gasteiger partial charge >= 0.3 is 481 Å². The van der Waals surface area contributed by atoms with Gasteiger partial charge in [0, 0.05) is 0 Å². The fourth-order valence-electron chi connectivity index (χ4n) is 26.1. The maximum absolute atomic E-state index is 2.94. The second-order valence-electron chi connectivity index (χ2n) is 31.4. The van der Waals surface area contributed by atoms with Crippen molar-refractivity contribution in [2.75, 3.05) is 0 Å². The van der Waals surface area contributed by atoms with Gasteiger partial charge in [-0.25, -0.2) is 0 Å². The number of hydrogen-bond acceptors (Lipinski definition) is 0. The molecule has 441 valence electrons. The Morgan fingerprint density at radius 1 is 0.192 bits per heavy atom. The van der Waals surface area contributed by atoms with Crippen molar-refractivity contribution in [2.45, 2.75) is 419 Å². The average Bonchev–Trinajstić information content (AvgIpc) is 3.16. The third-order valence-corrected chi connectivity index (χ3v) is 95.5. The van der Waals surface area contributed by atoms with E-state index in [0.717, 1.165) is 99.7 Å². The Bertz CT molecular complexity index is 1180. The summed E-state index contributed by atoms with van der Waals surface area (Å²) in [6, 6.07) is 0. The van der Waals surface area contributed by atoms with Crippen LogP contribution >= 0.6 is 0 Å². The van der Waals surface area contributed by atoms with E-state index >= 15 is 0 Å². The van der Waals surface area contributed by atoms with Crippen LogP contribution in [0.15, 0.2) is 0 Å². The maximum atomic E-state index is 2.94. The van der Waals surface area contributed by atoms with Crippen LogP contribution in [0.3, 0.4) is 0 Å². The standard InChI is InChI=1S/3C22H49Si2.Cr/c3*1-14-15-22(23(16(2)3,17(4)5)18(6)7)24(19(8)9,20(10)11)21(12)13;/h3*16-21H,14-15H2,1-13H3;. The zero-order valence-corrected chi connectivity index (χ0v) is 65.8. The van der Waals surface area contributed by atoms with E-state index in [4.69, 9.17) is 0 Å². The van der Waals surface area contributed by atoms with E-state index in [-0.39, 0.29) is 0 Å². The van der Waals surface area contributed by atoms with Gasteiger partial charge < -0.3 is 0 Å². The molecule has 0 aromatic heterocycles. The molecule has 0 aliphatic rings. The van der Waals surface area contributed by atoms with E-state index in [9.17, 15) is 0 Å².